The lowest BCUT2D eigenvalue weighted by molar-refractivity contribution is -0.138. The number of benzene rings is 2. The van der Waals surface area contributed by atoms with Crippen LogP contribution < -0.4 is 15.9 Å². The number of hydrogen-bond acceptors (Lipinski definition) is 5. The fourth-order valence-electron chi connectivity index (χ4n) is 1.89. The molecule has 0 aliphatic heterocycles. The van der Waals surface area contributed by atoms with Crippen LogP contribution in [0.2, 0.25) is 0 Å². The molecule has 4 N–H and O–H groups in total. The summed E-state index contributed by atoms with van der Waals surface area (Å²) >= 11 is 0. The first-order valence-corrected chi connectivity index (χ1v) is 7.25. The number of halogens is 7. The van der Waals surface area contributed by atoms with Gasteiger partial charge in [0.25, 0.3) is 0 Å². The molecule has 0 amide bonds. The van der Waals surface area contributed by atoms with Gasteiger partial charge in [-0.15, -0.1) is 0 Å². The molecule has 0 bridgehead atoms. The summed E-state index contributed by atoms with van der Waals surface area (Å²) in [4.78, 5) is 0. The van der Waals surface area contributed by atoms with Crippen molar-refractivity contribution in [1.29, 1.82) is 10.7 Å². The molecule has 29 heavy (non-hydrogen) atoms. The number of nitrogens with zero attached hydrogens (tertiary/aromatic N) is 2. The number of rotatable bonds is 5. The van der Waals surface area contributed by atoms with Crippen molar-refractivity contribution in [1.82, 2.24) is 0 Å². The maximum absolute atomic E-state index is 13.9. The molecule has 0 atom stereocenters. The Morgan fingerprint density at radius 2 is 1.59 bits per heavy atom. The van der Waals surface area contributed by atoms with Crippen LogP contribution >= 0.6 is 0 Å². The number of nitrogens with two attached hydrogens (primary N) is 1. The smallest absolute Gasteiger partial charge is 0.416 e. The van der Waals surface area contributed by atoms with Crippen molar-refractivity contribution in [3.63, 3.8) is 0 Å². The molecular weight excluding hydrogens is 411 g/mol. The van der Waals surface area contributed by atoms with Crippen molar-refractivity contribution in [2.75, 3.05) is 5.43 Å². The van der Waals surface area contributed by atoms with E-state index >= 15 is 0 Å². The molecule has 0 aliphatic carbocycles. The second-order valence-electron chi connectivity index (χ2n) is 5.23. The van der Waals surface area contributed by atoms with Gasteiger partial charge in [-0.25, -0.2) is 17.6 Å². The van der Waals surface area contributed by atoms with E-state index < -0.39 is 63.7 Å². The molecule has 6 nitrogen and oxygen atoms in total. The van der Waals surface area contributed by atoms with Crippen LogP contribution in [0.3, 0.4) is 0 Å². The number of nitrogens with one attached hydrogen (secondary N) is 2. The first-order valence-electron chi connectivity index (χ1n) is 7.25. The Balaban J connectivity index is 2.50. The van der Waals surface area contributed by atoms with E-state index in [-0.39, 0.29) is 12.1 Å². The summed E-state index contributed by atoms with van der Waals surface area (Å²) in [6.07, 6.45) is -5.04. The van der Waals surface area contributed by atoms with Crippen molar-refractivity contribution in [2.45, 2.75) is 6.18 Å². The minimum atomic E-state index is -5.04. The van der Waals surface area contributed by atoms with Crippen LogP contribution in [0.15, 0.2) is 29.4 Å². The van der Waals surface area contributed by atoms with E-state index in [1.54, 1.807) is 0 Å². The minimum Gasteiger partial charge on any atom is -0.449 e. The summed E-state index contributed by atoms with van der Waals surface area (Å²) in [7, 11) is 0. The van der Waals surface area contributed by atoms with Gasteiger partial charge >= 0.3 is 6.18 Å². The third-order valence-corrected chi connectivity index (χ3v) is 3.21. The third kappa shape index (κ3) is 4.92. The molecule has 2 aromatic rings. The maximum atomic E-state index is 13.9. The Hall–Kier alpha value is -3.82. The lowest BCUT2D eigenvalue weighted by atomic mass is 10.2. The van der Waals surface area contributed by atoms with Crippen molar-refractivity contribution in [3.8, 4) is 17.6 Å². The van der Waals surface area contributed by atoms with Crippen molar-refractivity contribution in [3.05, 3.63) is 53.1 Å². The molecule has 0 unspecified atom stereocenters. The van der Waals surface area contributed by atoms with Crippen molar-refractivity contribution >= 4 is 17.2 Å². The Bertz CT molecular complexity index is 1020. The molecule has 0 saturated heterocycles. The van der Waals surface area contributed by atoms with Crippen LogP contribution in [-0.4, -0.2) is 11.5 Å². The van der Waals surface area contributed by atoms with Gasteiger partial charge in [0.1, 0.15) is 11.8 Å². The predicted molar refractivity (Wildman–Crippen MR) is 86.4 cm³/mol. The zero-order valence-corrected chi connectivity index (χ0v) is 13.8. The van der Waals surface area contributed by atoms with E-state index in [1.165, 1.54) is 6.07 Å². The Kier molecular flexibility index (Phi) is 5.96. The molecular formula is C16H8F7N5O. The first-order chi connectivity index (χ1) is 13.4. The van der Waals surface area contributed by atoms with Gasteiger partial charge in [-0.2, -0.15) is 23.5 Å². The number of ether oxygens (including phenoxy) is 1. The SMILES string of the molecule is N#C/C(=N\Nc1cc(F)c(F)cc1Oc1c(F)cc(C(F)(F)F)cc1F)C(=N)N. The summed E-state index contributed by atoms with van der Waals surface area (Å²) in [6, 6.07) is 2.08. The van der Waals surface area contributed by atoms with Crippen molar-refractivity contribution in [2.24, 2.45) is 10.8 Å². The number of amidine groups is 1. The number of hydrogen-bond donors (Lipinski definition) is 3. The molecule has 0 heterocycles. The standard InChI is InChI=1S/C16H8F7N5O/c17-7-3-11(27-28-12(5-24)15(25)26)13(4-8(7)18)29-14-9(19)1-6(2-10(14)20)16(21,22)23/h1-4,27H,(H3,25,26)/b28-12+. The van der Waals surface area contributed by atoms with Gasteiger partial charge < -0.3 is 10.5 Å². The average Bonchev–Trinajstić information content (AvgIpc) is 2.60. The minimum absolute atomic E-state index is 0.0485. The number of alkyl halides is 3. The Labute approximate surface area is 157 Å². The molecule has 0 aromatic heterocycles. The van der Waals surface area contributed by atoms with Crippen LogP contribution in [0.1, 0.15) is 5.56 Å². The molecule has 0 fully saturated rings. The summed E-state index contributed by atoms with van der Waals surface area (Å²) in [5.41, 5.74) is 4.17. The Morgan fingerprint density at radius 3 is 2.07 bits per heavy atom. The van der Waals surface area contributed by atoms with E-state index in [0.29, 0.717) is 12.1 Å². The van der Waals surface area contributed by atoms with Crippen LogP contribution in [0.5, 0.6) is 11.5 Å². The molecule has 0 spiro atoms. The van der Waals surface area contributed by atoms with Gasteiger partial charge in [-0.3, -0.25) is 10.8 Å². The maximum Gasteiger partial charge on any atom is 0.416 e. The highest BCUT2D eigenvalue weighted by Gasteiger charge is 2.33. The van der Waals surface area contributed by atoms with E-state index in [2.05, 4.69) is 5.10 Å². The Morgan fingerprint density at radius 1 is 1.03 bits per heavy atom. The summed E-state index contributed by atoms with van der Waals surface area (Å²) in [6.45, 7) is 0. The summed E-state index contributed by atoms with van der Waals surface area (Å²) in [5.74, 6) is -9.41. The lowest BCUT2D eigenvalue weighted by Gasteiger charge is -2.14. The van der Waals surface area contributed by atoms with Gasteiger partial charge in [0, 0.05) is 12.1 Å². The number of nitriles is 1. The van der Waals surface area contributed by atoms with Gasteiger partial charge in [-0.1, -0.05) is 0 Å². The quantitative estimate of drug-likeness (QED) is 0.291. The zero-order valence-electron chi connectivity index (χ0n) is 13.8. The fourth-order valence-corrected chi connectivity index (χ4v) is 1.89. The molecule has 2 aromatic carbocycles. The van der Waals surface area contributed by atoms with Gasteiger partial charge in [0.05, 0.1) is 5.56 Å². The summed E-state index contributed by atoms with van der Waals surface area (Å²) < 4.78 is 97.5. The molecule has 152 valence electrons. The van der Waals surface area contributed by atoms with Crippen LogP contribution in [0.4, 0.5) is 36.4 Å². The van der Waals surface area contributed by atoms with E-state index in [4.69, 9.17) is 21.1 Å². The summed E-state index contributed by atoms with van der Waals surface area (Å²) in [5, 5.41) is 19.2. The third-order valence-electron chi connectivity index (χ3n) is 3.21. The molecule has 0 radical (unpaired) electrons. The fraction of sp³-hybridized carbons (Fsp3) is 0.0625. The predicted octanol–water partition coefficient (Wildman–Crippen LogP) is 4.28. The largest absolute Gasteiger partial charge is 0.449 e. The number of anilines is 1. The molecule has 13 heteroatoms. The number of hydrazone groups is 1. The van der Waals surface area contributed by atoms with Gasteiger partial charge in [0.2, 0.25) is 5.71 Å². The average molecular weight is 419 g/mol. The zero-order chi connectivity index (χ0) is 21.9. The monoisotopic (exact) mass is 419 g/mol. The van der Waals surface area contributed by atoms with Crippen LogP contribution in [-0.2, 0) is 6.18 Å². The first kappa shape index (κ1) is 21.5. The second-order valence-corrected chi connectivity index (χ2v) is 5.23. The lowest BCUT2D eigenvalue weighted by Crippen LogP contribution is -2.22. The van der Waals surface area contributed by atoms with Gasteiger partial charge in [-0.05, 0) is 12.1 Å². The van der Waals surface area contributed by atoms with Gasteiger partial charge in [0.15, 0.2) is 40.6 Å². The normalized spacial score (nSPS) is 11.7. The highest BCUT2D eigenvalue weighted by Crippen LogP contribution is 2.38. The highest BCUT2D eigenvalue weighted by atomic mass is 19.4. The topological polar surface area (TPSA) is 107 Å². The second kappa shape index (κ2) is 8.05. The molecule has 0 saturated carbocycles. The van der Waals surface area contributed by atoms with E-state index in [0.717, 1.165) is 0 Å². The van der Waals surface area contributed by atoms with Crippen LogP contribution in [0.25, 0.3) is 0 Å². The van der Waals surface area contributed by atoms with Crippen LogP contribution in [0, 0.1) is 40.0 Å². The van der Waals surface area contributed by atoms with E-state index in [1.807, 2.05) is 5.43 Å². The van der Waals surface area contributed by atoms with Crippen molar-refractivity contribution < 1.29 is 35.5 Å². The van der Waals surface area contributed by atoms with E-state index in [9.17, 15) is 30.7 Å². The highest BCUT2D eigenvalue weighted by molar-refractivity contribution is 6.45. The molecule has 0 aliphatic rings. The molecule has 2 rings (SSSR count).